The number of benzene rings is 3. The second-order valence-electron chi connectivity index (χ2n) is 8.61. The van der Waals surface area contributed by atoms with Crippen LogP contribution in [0.4, 0.5) is 11.4 Å². The number of non-ortho nitro benzene ring substituents is 1. The van der Waals surface area contributed by atoms with E-state index in [1.165, 1.54) is 11.0 Å². The summed E-state index contributed by atoms with van der Waals surface area (Å²) in [6, 6.07) is 11.8. The lowest BCUT2D eigenvalue weighted by Gasteiger charge is -2.49. The molecule has 0 aliphatic carbocycles. The first kappa shape index (κ1) is 22.1. The smallest absolute Gasteiger partial charge is 0.270 e. The van der Waals surface area contributed by atoms with E-state index in [0.29, 0.717) is 27.8 Å². The van der Waals surface area contributed by atoms with Crippen molar-refractivity contribution in [2.24, 2.45) is 0 Å². The summed E-state index contributed by atoms with van der Waals surface area (Å²) in [5.74, 6) is -0.911. The van der Waals surface area contributed by atoms with Crippen molar-refractivity contribution in [2.45, 2.75) is 19.0 Å². The minimum absolute atomic E-state index is 0.0136. The molecular formula is C25H16ClN3O7. The topological polar surface area (TPSA) is 119 Å². The Hall–Kier alpha value is -4.44. The number of carbonyl (C=O) groups is 3. The van der Waals surface area contributed by atoms with Gasteiger partial charge in [0.15, 0.2) is 11.5 Å². The fourth-order valence-corrected chi connectivity index (χ4v) is 4.96. The van der Waals surface area contributed by atoms with Gasteiger partial charge in [-0.15, -0.1) is 0 Å². The normalized spacial score (nSPS) is 20.0. The Labute approximate surface area is 208 Å². The van der Waals surface area contributed by atoms with Crippen molar-refractivity contribution in [2.75, 3.05) is 11.7 Å². The third kappa shape index (κ3) is 3.07. The number of amides is 3. The zero-order valence-corrected chi connectivity index (χ0v) is 19.4. The summed E-state index contributed by atoms with van der Waals surface area (Å²) < 4.78 is 10.9. The molecule has 3 aliphatic heterocycles. The van der Waals surface area contributed by atoms with Crippen molar-refractivity contribution in [1.82, 2.24) is 4.90 Å². The highest BCUT2D eigenvalue weighted by atomic mass is 35.5. The number of carbonyl (C=O) groups excluding carboxylic acids is 3. The fourth-order valence-electron chi connectivity index (χ4n) is 4.79. The zero-order valence-electron chi connectivity index (χ0n) is 18.6. The number of β-lactam (4-membered cyclic amide) rings is 1. The van der Waals surface area contributed by atoms with Crippen molar-refractivity contribution in [3.63, 3.8) is 0 Å². The third-order valence-corrected chi connectivity index (χ3v) is 7.04. The zero-order chi connectivity index (χ0) is 25.3. The first-order valence-corrected chi connectivity index (χ1v) is 11.3. The van der Waals surface area contributed by atoms with E-state index in [4.69, 9.17) is 21.1 Å². The maximum atomic E-state index is 13.6. The van der Waals surface area contributed by atoms with Gasteiger partial charge in [0.1, 0.15) is 6.04 Å². The van der Waals surface area contributed by atoms with Gasteiger partial charge in [0.25, 0.3) is 23.4 Å². The Balaban J connectivity index is 1.44. The van der Waals surface area contributed by atoms with Crippen LogP contribution >= 0.6 is 11.6 Å². The van der Waals surface area contributed by atoms with E-state index >= 15 is 0 Å². The fraction of sp³-hybridized carbons (Fsp3) is 0.160. The van der Waals surface area contributed by atoms with Crippen LogP contribution in [0, 0.1) is 17.0 Å². The SMILES string of the molecule is Cc1ccc(N2C(=O)[C@H](N3C(=O)c4ccc([N+](=O)[O-])cc4C3=O)[C@@H]2c2ccc3c(c2)OCO3)cc1Cl. The molecule has 0 unspecified atom stereocenters. The predicted octanol–water partition coefficient (Wildman–Crippen LogP) is 4.04. The number of fused-ring (bicyclic) bond motifs is 2. The lowest BCUT2D eigenvalue weighted by molar-refractivity contribution is -0.384. The van der Waals surface area contributed by atoms with E-state index in [1.54, 1.807) is 36.4 Å². The highest BCUT2D eigenvalue weighted by Gasteiger charge is 2.57. The number of hydrogen-bond donors (Lipinski definition) is 0. The van der Waals surface area contributed by atoms with Crippen molar-refractivity contribution < 1.29 is 28.8 Å². The maximum Gasteiger partial charge on any atom is 0.270 e. The molecule has 0 aromatic heterocycles. The molecule has 3 aromatic rings. The Morgan fingerprint density at radius 3 is 2.39 bits per heavy atom. The first-order valence-electron chi connectivity index (χ1n) is 10.9. The van der Waals surface area contributed by atoms with Gasteiger partial charge in [-0.05, 0) is 48.4 Å². The Kier molecular flexibility index (Phi) is 4.77. The van der Waals surface area contributed by atoms with Gasteiger partial charge in [0.05, 0.1) is 22.1 Å². The number of halogens is 1. The summed E-state index contributed by atoms with van der Waals surface area (Å²) in [5.41, 5.74) is 1.53. The lowest BCUT2D eigenvalue weighted by atomic mass is 9.86. The number of imide groups is 1. The van der Waals surface area contributed by atoms with Crippen LogP contribution in [0.1, 0.15) is 37.9 Å². The van der Waals surface area contributed by atoms with Gasteiger partial charge in [-0.3, -0.25) is 29.4 Å². The lowest BCUT2D eigenvalue weighted by Crippen LogP contribution is -2.67. The number of ether oxygens (including phenoxy) is 2. The summed E-state index contributed by atoms with van der Waals surface area (Å²) in [6.07, 6.45) is 0. The molecule has 0 radical (unpaired) electrons. The molecule has 3 aromatic carbocycles. The molecule has 3 aliphatic rings. The number of hydrogen-bond acceptors (Lipinski definition) is 7. The average Bonchev–Trinajstić information content (AvgIpc) is 3.42. The minimum Gasteiger partial charge on any atom is -0.454 e. The standard InChI is InChI=1S/C25H16ClN3O7/c1-12-2-4-14(10-18(12)26)27-21(13-3-7-19-20(8-13)36-11-35-19)22(25(27)32)28-23(30)16-6-5-15(29(33)34)9-17(16)24(28)31/h2-10,21-22H,11H2,1H3/t21-,22+/m0/s1. The highest BCUT2D eigenvalue weighted by molar-refractivity contribution is 6.32. The van der Waals surface area contributed by atoms with Crippen LogP contribution in [0.15, 0.2) is 54.6 Å². The van der Waals surface area contributed by atoms with Crippen LogP contribution in [0.3, 0.4) is 0 Å². The monoisotopic (exact) mass is 505 g/mol. The van der Waals surface area contributed by atoms with Gasteiger partial charge in [-0.2, -0.15) is 0 Å². The van der Waals surface area contributed by atoms with Gasteiger partial charge < -0.3 is 14.4 Å². The van der Waals surface area contributed by atoms with E-state index in [9.17, 15) is 24.5 Å². The van der Waals surface area contributed by atoms with Gasteiger partial charge in [0.2, 0.25) is 6.79 Å². The van der Waals surface area contributed by atoms with E-state index in [0.717, 1.165) is 22.6 Å². The van der Waals surface area contributed by atoms with Crippen LogP contribution in [-0.2, 0) is 4.79 Å². The third-order valence-electron chi connectivity index (χ3n) is 6.63. The van der Waals surface area contributed by atoms with Crippen molar-refractivity contribution >= 4 is 40.7 Å². The molecule has 0 bridgehead atoms. The summed E-state index contributed by atoms with van der Waals surface area (Å²) >= 11 is 6.32. The average molecular weight is 506 g/mol. The van der Waals surface area contributed by atoms with Crippen LogP contribution in [0.2, 0.25) is 5.02 Å². The maximum absolute atomic E-state index is 13.6. The van der Waals surface area contributed by atoms with Gasteiger partial charge in [0, 0.05) is 22.8 Å². The van der Waals surface area contributed by atoms with E-state index in [1.807, 2.05) is 6.92 Å². The van der Waals surface area contributed by atoms with Crippen LogP contribution in [-0.4, -0.2) is 40.4 Å². The van der Waals surface area contributed by atoms with Gasteiger partial charge >= 0.3 is 0 Å². The number of nitro groups is 1. The quantitative estimate of drug-likeness (QED) is 0.227. The number of nitrogens with zero attached hydrogens (tertiary/aromatic N) is 3. The molecule has 2 atom stereocenters. The summed E-state index contributed by atoms with van der Waals surface area (Å²) in [5, 5.41) is 11.7. The summed E-state index contributed by atoms with van der Waals surface area (Å²) in [7, 11) is 0. The molecule has 10 nitrogen and oxygen atoms in total. The van der Waals surface area contributed by atoms with Crippen molar-refractivity contribution in [3.05, 3.63) is 92.0 Å². The molecule has 6 rings (SSSR count). The van der Waals surface area contributed by atoms with E-state index < -0.39 is 34.7 Å². The summed E-state index contributed by atoms with van der Waals surface area (Å²) in [4.78, 5) is 53.1. The predicted molar refractivity (Wildman–Crippen MR) is 126 cm³/mol. The van der Waals surface area contributed by atoms with E-state index in [2.05, 4.69) is 0 Å². The van der Waals surface area contributed by atoms with E-state index in [-0.39, 0.29) is 23.6 Å². The molecule has 1 fully saturated rings. The molecule has 1 saturated heterocycles. The first-order chi connectivity index (χ1) is 17.3. The number of rotatable bonds is 4. The molecule has 180 valence electrons. The molecule has 0 N–H and O–H groups in total. The van der Waals surface area contributed by atoms with Crippen LogP contribution in [0.5, 0.6) is 11.5 Å². The van der Waals surface area contributed by atoms with Crippen molar-refractivity contribution in [1.29, 1.82) is 0 Å². The Bertz CT molecular complexity index is 1520. The highest BCUT2D eigenvalue weighted by Crippen LogP contribution is 2.47. The van der Waals surface area contributed by atoms with Crippen LogP contribution in [0.25, 0.3) is 0 Å². The minimum atomic E-state index is -1.17. The molecule has 3 heterocycles. The molecule has 0 saturated carbocycles. The van der Waals surface area contributed by atoms with Crippen molar-refractivity contribution in [3.8, 4) is 11.5 Å². The second kappa shape index (κ2) is 7.79. The molecule has 11 heteroatoms. The van der Waals surface area contributed by atoms with Gasteiger partial charge in [-0.1, -0.05) is 23.7 Å². The van der Waals surface area contributed by atoms with Gasteiger partial charge in [-0.25, -0.2) is 0 Å². The number of anilines is 1. The largest absolute Gasteiger partial charge is 0.454 e. The molecule has 36 heavy (non-hydrogen) atoms. The molecular weight excluding hydrogens is 490 g/mol. The van der Waals surface area contributed by atoms with Crippen LogP contribution < -0.4 is 14.4 Å². The Morgan fingerprint density at radius 1 is 0.889 bits per heavy atom. The summed E-state index contributed by atoms with van der Waals surface area (Å²) in [6.45, 7) is 1.89. The number of aryl methyl sites for hydroxylation is 1. The second-order valence-corrected chi connectivity index (χ2v) is 9.02. The Morgan fingerprint density at radius 2 is 1.64 bits per heavy atom. The molecule has 0 spiro atoms. The number of nitro benzene ring substituents is 1. The molecule has 3 amide bonds.